The number of hydrogen-bond donors (Lipinski definition) is 1. The summed E-state index contributed by atoms with van der Waals surface area (Å²) in [5, 5.41) is 10.7. The molecule has 2 N–H and O–H groups in total. The van der Waals surface area contributed by atoms with Crippen LogP contribution in [-0.2, 0) is 0 Å². The largest absolute Gasteiger partial charge is 0.399 e. The summed E-state index contributed by atoms with van der Waals surface area (Å²) in [4.78, 5) is 0.841. The number of fused-ring (bicyclic) bond motifs is 1. The summed E-state index contributed by atoms with van der Waals surface area (Å²) in [5.41, 5.74) is 7.20. The number of aromatic nitrogens is 3. The lowest BCUT2D eigenvalue weighted by Gasteiger charge is -2.02. The molecule has 0 bridgehead atoms. The molecule has 1 aromatic carbocycles. The van der Waals surface area contributed by atoms with E-state index in [2.05, 4.69) is 10.2 Å². The molecule has 0 radical (unpaired) electrons. The molecular weight excluding hydrogens is 244 g/mol. The summed E-state index contributed by atoms with van der Waals surface area (Å²) >= 11 is 7.65. The monoisotopic (exact) mass is 250 g/mol. The molecule has 2 aromatic heterocycles. The second-order valence-corrected chi connectivity index (χ2v) is 4.60. The Balaban J connectivity index is 2.30. The van der Waals surface area contributed by atoms with Gasteiger partial charge in [0.05, 0.1) is 5.02 Å². The number of thiazole rings is 1. The van der Waals surface area contributed by atoms with Gasteiger partial charge < -0.3 is 5.73 Å². The van der Waals surface area contributed by atoms with Crippen molar-refractivity contribution >= 4 is 33.6 Å². The molecule has 0 amide bonds. The average molecular weight is 251 g/mol. The van der Waals surface area contributed by atoms with Gasteiger partial charge in [-0.2, -0.15) is 0 Å². The maximum Gasteiger partial charge on any atom is 0.216 e. The van der Waals surface area contributed by atoms with Crippen LogP contribution in [0.3, 0.4) is 0 Å². The molecule has 16 heavy (non-hydrogen) atoms. The zero-order valence-electron chi connectivity index (χ0n) is 8.09. The predicted octanol–water partition coefficient (Wildman–Crippen LogP) is 2.69. The van der Waals surface area contributed by atoms with Crippen LogP contribution in [0.25, 0.3) is 16.3 Å². The number of hydrogen-bond acceptors (Lipinski definition) is 4. The van der Waals surface area contributed by atoms with Crippen molar-refractivity contribution in [1.29, 1.82) is 0 Å². The van der Waals surface area contributed by atoms with E-state index >= 15 is 0 Å². The van der Waals surface area contributed by atoms with Crippen molar-refractivity contribution in [2.24, 2.45) is 0 Å². The van der Waals surface area contributed by atoms with Crippen molar-refractivity contribution in [2.75, 3.05) is 5.73 Å². The van der Waals surface area contributed by atoms with Gasteiger partial charge >= 0.3 is 0 Å². The zero-order chi connectivity index (χ0) is 11.1. The molecule has 0 saturated heterocycles. The van der Waals surface area contributed by atoms with Crippen LogP contribution in [0.2, 0.25) is 5.02 Å². The maximum absolute atomic E-state index is 6.12. The van der Waals surface area contributed by atoms with Gasteiger partial charge in [0, 0.05) is 22.8 Å². The van der Waals surface area contributed by atoms with Crippen LogP contribution in [0, 0.1) is 0 Å². The highest BCUT2D eigenvalue weighted by molar-refractivity contribution is 7.15. The number of halogens is 1. The third kappa shape index (κ3) is 1.36. The second-order valence-electron chi connectivity index (χ2n) is 3.32. The van der Waals surface area contributed by atoms with Crippen LogP contribution in [0.4, 0.5) is 5.69 Å². The van der Waals surface area contributed by atoms with Crippen LogP contribution in [0.15, 0.2) is 29.8 Å². The van der Waals surface area contributed by atoms with Gasteiger partial charge in [-0.15, -0.1) is 21.5 Å². The molecule has 2 heterocycles. The van der Waals surface area contributed by atoms with Crippen molar-refractivity contribution < 1.29 is 0 Å². The lowest BCUT2D eigenvalue weighted by Crippen LogP contribution is -1.90. The molecule has 0 fully saturated rings. The standard InChI is InChI=1S/C10H7ClN4S/c11-8-2-1-6(12)5-7(8)9-13-14-10-15(9)3-4-16-10/h1-5H,12H2. The fourth-order valence-corrected chi connectivity index (χ4v) is 2.40. The molecule has 0 unspecified atom stereocenters. The van der Waals surface area contributed by atoms with Crippen molar-refractivity contribution in [2.45, 2.75) is 0 Å². The van der Waals surface area contributed by atoms with E-state index in [-0.39, 0.29) is 0 Å². The third-order valence-electron chi connectivity index (χ3n) is 2.28. The van der Waals surface area contributed by atoms with Crippen LogP contribution in [-0.4, -0.2) is 14.6 Å². The predicted molar refractivity (Wildman–Crippen MR) is 65.7 cm³/mol. The summed E-state index contributed by atoms with van der Waals surface area (Å²) in [6, 6.07) is 5.33. The van der Waals surface area contributed by atoms with Gasteiger partial charge in [0.25, 0.3) is 0 Å². The number of anilines is 1. The Kier molecular flexibility index (Phi) is 2.08. The van der Waals surface area contributed by atoms with E-state index in [0.29, 0.717) is 16.5 Å². The Labute approximate surface area is 100 Å². The molecule has 3 rings (SSSR count). The van der Waals surface area contributed by atoms with Gasteiger partial charge in [-0.1, -0.05) is 11.6 Å². The number of nitrogen functional groups attached to an aromatic ring is 1. The topological polar surface area (TPSA) is 56.2 Å². The normalized spacial score (nSPS) is 11.1. The highest BCUT2D eigenvalue weighted by atomic mass is 35.5. The van der Waals surface area contributed by atoms with E-state index < -0.39 is 0 Å². The molecule has 0 saturated carbocycles. The Morgan fingerprint density at radius 3 is 3.06 bits per heavy atom. The van der Waals surface area contributed by atoms with Crippen molar-refractivity contribution in [3.8, 4) is 11.4 Å². The molecule has 0 aliphatic carbocycles. The van der Waals surface area contributed by atoms with Gasteiger partial charge in [-0.25, -0.2) is 0 Å². The summed E-state index contributed by atoms with van der Waals surface area (Å²) in [7, 11) is 0. The maximum atomic E-state index is 6.12. The van der Waals surface area contributed by atoms with E-state index in [9.17, 15) is 0 Å². The second kappa shape index (κ2) is 3.47. The molecule has 0 spiro atoms. The fourth-order valence-electron chi connectivity index (χ4n) is 1.54. The molecule has 3 aromatic rings. The molecule has 80 valence electrons. The first kappa shape index (κ1) is 9.62. The molecule has 0 atom stereocenters. The van der Waals surface area contributed by atoms with Crippen LogP contribution in [0.1, 0.15) is 0 Å². The average Bonchev–Trinajstić information content (AvgIpc) is 2.83. The SMILES string of the molecule is Nc1ccc(Cl)c(-c2nnc3sccn23)c1. The van der Waals surface area contributed by atoms with E-state index in [1.807, 2.05) is 16.0 Å². The van der Waals surface area contributed by atoms with Crippen molar-refractivity contribution in [3.63, 3.8) is 0 Å². The first-order chi connectivity index (χ1) is 7.75. The van der Waals surface area contributed by atoms with Gasteiger partial charge in [0.1, 0.15) is 0 Å². The Bertz CT molecular complexity index is 658. The van der Waals surface area contributed by atoms with E-state index in [1.54, 1.807) is 18.2 Å². The van der Waals surface area contributed by atoms with E-state index in [1.165, 1.54) is 11.3 Å². The lowest BCUT2D eigenvalue weighted by atomic mass is 10.2. The summed E-state index contributed by atoms with van der Waals surface area (Å²) in [6.07, 6.45) is 1.91. The summed E-state index contributed by atoms with van der Waals surface area (Å²) in [5.74, 6) is 0.716. The van der Waals surface area contributed by atoms with Gasteiger partial charge in [-0.3, -0.25) is 4.40 Å². The molecule has 0 aliphatic heterocycles. The van der Waals surface area contributed by atoms with Gasteiger partial charge in [0.2, 0.25) is 4.96 Å². The number of nitrogens with two attached hydrogens (primary N) is 1. The minimum absolute atomic E-state index is 0.620. The Morgan fingerprint density at radius 1 is 1.31 bits per heavy atom. The Hall–Kier alpha value is -1.59. The van der Waals surface area contributed by atoms with Crippen LogP contribution < -0.4 is 5.73 Å². The van der Waals surface area contributed by atoms with Gasteiger partial charge in [0.15, 0.2) is 5.82 Å². The first-order valence-electron chi connectivity index (χ1n) is 4.59. The molecule has 6 heteroatoms. The van der Waals surface area contributed by atoms with Crippen molar-refractivity contribution in [3.05, 3.63) is 34.8 Å². The minimum Gasteiger partial charge on any atom is -0.399 e. The zero-order valence-corrected chi connectivity index (χ0v) is 9.66. The Morgan fingerprint density at radius 2 is 2.19 bits per heavy atom. The van der Waals surface area contributed by atoms with Gasteiger partial charge in [-0.05, 0) is 18.2 Å². The summed E-state index contributed by atoms with van der Waals surface area (Å²) in [6.45, 7) is 0. The van der Waals surface area contributed by atoms with E-state index in [0.717, 1.165) is 10.5 Å². The minimum atomic E-state index is 0.620. The van der Waals surface area contributed by atoms with E-state index in [4.69, 9.17) is 17.3 Å². The fraction of sp³-hybridized carbons (Fsp3) is 0. The quantitative estimate of drug-likeness (QED) is 0.676. The number of benzene rings is 1. The first-order valence-corrected chi connectivity index (χ1v) is 5.85. The van der Waals surface area contributed by atoms with Crippen LogP contribution in [0.5, 0.6) is 0 Å². The molecular formula is C10H7ClN4S. The highest BCUT2D eigenvalue weighted by Crippen LogP contribution is 2.29. The molecule has 0 aliphatic rings. The number of nitrogens with zero attached hydrogens (tertiary/aromatic N) is 3. The lowest BCUT2D eigenvalue weighted by molar-refractivity contribution is 1.11. The third-order valence-corrected chi connectivity index (χ3v) is 3.36. The summed E-state index contributed by atoms with van der Waals surface area (Å²) < 4.78 is 1.89. The van der Waals surface area contributed by atoms with Crippen LogP contribution >= 0.6 is 22.9 Å². The highest BCUT2D eigenvalue weighted by Gasteiger charge is 2.12. The smallest absolute Gasteiger partial charge is 0.216 e. The molecule has 4 nitrogen and oxygen atoms in total. The van der Waals surface area contributed by atoms with Crippen molar-refractivity contribution in [1.82, 2.24) is 14.6 Å². The number of rotatable bonds is 1.